The molecule has 2 unspecified atom stereocenters. The maximum atomic E-state index is 6.22. The van der Waals surface area contributed by atoms with Crippen LogP contribution in [0, 0.1) is 5.92 Å². The molecule has 3 heteroatoms. The molecule has 3 nitrogen and oxygen atoms in total. The Morgan fingerprint density at radius 1 is 1.35 bits per heavy atom. The van der Waals surface area contributed by atoms with Gasteiger partial charge in [0.2, 0.25) is 0 Å². The van der Waals surface area contributed by atoms with Gasteiger partial charge in [0.15, 0.2) is 0 Å². The fourth-order valence-electron chi connectivity index (χ4n) is 2.38. The van der Waals surface area contributed by atoms with Gasteiger partial charge in [-0.2, -0.15) is 0 Å². The summed E-state index contributed by atoms with van der Waals surface area (Å²) in [5.74, 6) is 0.865. The average molecular weight is 242 g/mol. The predicted molar refractivity (Wildman–Crippen MR) is 73.1 cm³/mol. The van der Waals surface area contributed by atoms with Crippen LogP contribution in [0.5, 0.6) is 0 Å². The van der Waals surface area contributed by atoms with Gasteiger partial charge < -0.3 is 10.5 Å². The number of hydrogen-bond donors (Lipinski definition) is 1. The Balaban J connectivity index is 2.14. The van der Waals surface area contributed by atoms with Gasteiger partial charge in [-0.25, -0.2) is 0 Å². The second kappa shape index (κ2) is 8.06. The third-order valence-corrected chi connectivity index (χ3v) is 3.74. The smallest absolute Gasteiger partial charge is 0.0593 e. The number of rotatable bonds is 10. The van der Waals surface area contributed by atoms with Crippen LogP contribution in [0.4, 0.5) is 0 Å². The van der Waals surface area contributed by atoms with Gasteiger partial charge in [0.1, 0.15) is 0 Å². The minimum Gasteiger partial charge on any atom is -0.380 e. The second-order valence-electron chi connectivity index (χ2n) is 5.43. The zero-order chi connectivity index (χ0) is 12.7. The van der Waals surface area contributed by atoms with Gasteiger partial charge in [-0.15, -0.1) is 0 Å². The van der Waals surface area contributed by atoms with Gasteiger partial charge in [-0.1, -0.05) is 20.3 Å². The van der Waals surface area contributed by atoms with Crippen LogP contribution in [0.15, 0.2) is 0 Å². The molecule has 0 aromatic carbocycles. The van der Waals surface area contributed by atoms with Crippen molar-refractivity contribution in [3.05, 3.63) is 0 Å². The molecular formula is C14H30N2O. The van der Waals surface area contributed by atoms with Crippen molar-refractivity contribution in [1.82, 2.24) is 4.90 Å². The molecule has 0 saturated heterocycles. The van der Waals surface area contributed by atoms with E-state index in [1.165, 1.54) is 19.3 Å². The largest absolute Gasteiger partial charge is 0.380 e. The summed E-state index contributed by atoms with van der Waals surface area (Å²) in [5.41, 5.74) is 6.22. The predicted octanol–water partition coefficient (Wildman–Crippen LogP) is 2.25. The topological polar surface area (TPSA) is 38.5 Å². The molecule has 0 heterocycles. The molecule has 0 amide bonds. The first-order chi connectivity index (χ1) is 8.19. The molecule has 1 rings (SSSR count). The van der Waals surface area contributed by atoms with Crippen molar-refractivity contribution in [3.63, 3.8) is 0 Å². The molecule has 0 radical (unpaired) electrons. The highest BCUT2D eigenvalue weighted by Crippen LogP contribution is 2.28. The van der Waals surface area contributed by atoms with Crippen molar-refractivity contribution < 1.29 is 4.74 Å². The van der Waals surface area contributed by atoms with Crippen LogP contribution in [-0.4, -0.2) is 43.8 Å². The maximum absolute atomic E-state index is 6.22. The van der Waals surface area contributed by atoms with Gasteiger partial charge in [-0.05, 0) is 38.6 Å². The molecule has 2 atom stereocenters. The molecule has 0 aliphatic heterocycles. The summed E-state index contributed by atoms with van der Waals surface area (Å²) in [7, 11) is 2.17. The molecule has 17 heavy (non-hydrogen) atoms. The van der Waals surface area contributed by atoms with Crippen molar-refractivity contribution in [2.75, 3.05) is 26.8 Å². The van der Waals surface area contributed by atoms with Crippen LogP contribution in [0.3, 0.4) is 0 Å². The first-order valence-electron chi connectivity index (χ1n) is 7.22. The number of nitrogens with two attached hydrogens (primary N) is 1. The minimum atomic E-state index is 0.304. The first-order valence-corrected chi connectivity index (χ1v) is 7.22. The van der Waals surface area contributed by atoms with Crippen LogP contribution in [-0.2, 0) is 4.74 Å². The van der Waals surface area contributed by atoms with Crippen molar-refractivity contribution in [1.29, 1.82) is 0 Å². The zero-order valence-corrected chi connectivity index (χ0v) is 11.8. The molecule has 1 fully saturated rings. The molecule has 102 valence electrons. The molecule has 2 N–H and O–H groups in total. The highest BCUT2D eigenvalue weighted by atomic mass is 16.5. The highest BCUT2D eigenvalue weighted by molar-refractivity contribution is 4.79. The lowest BCUT2D eigenvalue weighted by molar-refractivity contribution is 0.0849. The summed E-state index contributed by atoms with van der Waals surface area (Å²) < 4.78 is 5.68. The Morgan fingerprint density at radius 3 is 2.59 bits per heavy atom. The summed E-state index contributed by atoms with van der Waals surface area (Å²) in [6.45, 7) is 7.24. The van der Waals surface area contributed by atoms with Crippen LogP contribution < -0.4 is 5.73 Å². The first kappa shape index (κ1) is 14.9. The van der Waals surface area contributed by atoms with E-state index in [0.29, 0.717) is 12.1 Å². The van der Waals surface area contributed by atoms with Crippen molar-refractivity contribution in [2.45, 2.75) is 58.0 Å². The van der Waals surface area contributed by atoms with Crippen molar-refractivity contribution in [2.24, 2.45) is 11.7 Å². The molecule has 0 bridgehead atoms. The van der Waals surface area contributed by atoms with E-state index in [1.54, 1.807) is 0 Å². The number of nitrogens with zero attached hydrogens (tertiary/aromatic N) is 1. The lowest BCUT2D eigenvalue weighted by Gasteiger charge is -2.31. The Labute approximate surface area is 107 Å². The zero-order valence-electron chi connectivity index (χ0n) is 11.8. The van der Waals surface area contributed by atoms with E-state index in [2.05, 4.69) is 25.8 Å². The monoisotopic (exact) mass is 242 g/mol. The Kier molecular flexibility index (Phi) is 7.09. The fraction of sp³-hybridized carbons (Fsp3) is 1.00. The van der Waals surface area contributed by atoms with Crippen molar-refractivity contribution in [3.8, 4) is 0 Å². The van der Waals surface area contributed by atoms with E-state index >= 15 is 0 Å². The van der Waals surface area contributed by atoms with Crippen LogP contribution in [0.1, 0.15) is 46.0 Å². The summed E-state index contributed by atoms with van der Waals surface area (Å²) >= 11 is 0. The van der Waals surface area contributed by atoms with Gasteiger partial charge in [0.05, 0.1) is 6.61 Å². The Bertz CT molecular complexity index is 195. The SMILES string of the molecule is CCCC(N)C(CC)N(C)CCOCC1CC1. The lowest BCUT2D eigenvalue weighted by atomic mass is 10.0. The fourth-order valence-corrected chi connectivity index (χ4v) is 2.38. The Hall–Kier alpha value is -0.120. The summed E-state index contributed by atoms with van der Waals surface area (Å²) in [6.07, 6.45) is 6.15. The van der Waals surface area contributed by atoms with Crippen LogP contribution >= 0.6 is 0 Å². The minimum absolute atomic E-state index is 0.304. The highest BCUT2D eigenvalue weighted by Gasteiger charge is 2.22. The molecule has 1 aliphatic carbocycles. The van der Waals surface area contributed by atoms with Gasteiger partial charge in [0.25, 0.3) is 0 Å². The van der Waals surface area contributed by atoms with E-state index in [4.69, 9.17) is 10.5 Å². The second-order valence-corrected chi connectivity index (χ2v) is 5.43. The molecular weight excluding hydrogens is 212 g/mol. The van der Waals surface area contributed by atoms with Crippen LogP contribution in [0.2, 0.25) is 0 Å². The number of ether oxygens (including phenoxy) is 1. The van der Waals surface area contributed by atoms with E-state index in [-0.39, 0.29) is 0 Å². The quantitative estimate of drug-likeness (QED) is 0.597. The van der Waals surface area contributed by atoms with Gasteiger partial charge in [-0.3, -0.25) is 4.90 Å². The molecule has 0 spiro atoms. The van der Waals surface area contributed by atoms with E-state index in [0.717, 1.165) is 38.5 Å². The third kappa shape index (κ3) is 5.84. The molecule has 0 aromatic rings. The summed E-state index contributed by atoms with van der Waals surface area (Å²) in [5, 5.41) is 0. The standard InChI is InChI=1S/C14H30N2O/c1-4-6-13(15)14(5-2)16(3)9-10-17-11-12-7-8-12/h12-14H,4-11,15H2,1-3H3. The van der Waals surface area contributed by atoms with Gasteiger partial charge >= 0.3 is 0 Å². The number of likely N-dealkylation sites (N-methyl/N-ethyl adjacent to an activating group) is 1. The molecule has 1 aliphatic rings. The Morgan fingerprint density at radius 2 is 2.06 bits per heavy atom. The summed E-state index contributed by atoms with van der Waals surface area (Å²) in [4.78, 5) is 2.37. The van der Waals surface area contributed by atoms with Gasteiger partial charge in [0, 0.05) is 25.2 Å². The van der Waals surface area contributed by atoms with E-state index in [1.807, 2.05) is 0 Å². The summed E-state index contributed by atoms with van der Waals surface area (Å²) in [6, 6.07) is 0.804. The maximum Gasteiger partial charge on any atom is 0.0593 e. The number of hydrogen-bond acceptors (Lipinski definition) is 3. The van der Waals surface area contributed by atoms with E-state index in [9.17, 15) is 0 Å². The molecule has 0 aromatic heterocycles. The van der Waals surface area contributed by atoms with Crippen molar-refractivity contribution >= 4 is 0 Å². The molecule has 1 saturated carbocycles. The lowest BCUT2D eigenvalue weighted by Crippen LogP contribution is -2.46. The average Bonchev–Trinajstić information content (AvgIpc) is 3.09. The normalized spacial score (nSPS) is 19.6. The van der Waals surface area contributed by atoms with E-state index < -0.39 is 0 Å². The van der Waals surface area contributed by atoms with Crippen LogP contribution in [0.25, 0.3) is 0 Å². The third-order valence-electron chi connectivity index (χ3n) is 3.74.